The Morgan fingerprint density at radius 1 is 1.19 bits per heavy atom. The highest BCUT2D eigenvalue weighted by atomic mass is 16.5. The van der Waals surface area contributed by atoms with Crippen LogP contribution in [-0.2, 0) is 4.74 Å². The summed E-state index contributed by atoms with van der Waals surface area (Å²) in [5.74, 6) is 2.70. The Hall–Kier alpha value is -0.770. The topological polar surface area (TPSA) is 45.6 Å². The van der Waals surface area contributed by atoms with Crippen molar-refractivity contribution in [3.63, 3.8) is 0 Å². The fourth-order valence-electron chi connectivity index (χ4n) is 3.00. The Kier molecular flexibility index (Phi) is 9.48. The van der Waals surface area contributed by atoms with Gasteiger partial charge < -0.3 is 15.4 Å². The number of unbranched alkanes of at least 4 members (excludes halogenated alkanes) is 1. The number of hydrogen-bond acceptors (Lipinski definition) is 2. The number of aliphatic imine (C=N–C) groups is 1. The SMILES string of the molecule is CCOCCCCNC(=NC)NC1CCC(C(C)C)CC1. The van der Waals surface area contributed by atoms with Gasteiger partial charge in [0, 0.05) is 32.8 Å². The summed E-state index contributed by atoms with van der Waals surface area (Å²) in [7, 11) is 1.86. The van der Waals surface area contributed by atoms with Crippen LogP contribution in [0.1, 0.15) is 59.3 Å². The minimum atomic E-state index is 0.592. The average molecular weight is 297 g/mol. The zero-order valence-electron chi connectivity index (χ0n) is 14.5. The Bertz CT molecular complexity index is 284. The zero-order valence-corrected chi connectivity index (χ0v) is 14.5. The van der Waals surface area contributed by atoms with Gasteiger partial charge in [-0.15, -0.1) is 0 Å². The Balaban J connectivity index is 2.14. The summed E-state index contributed by atoms with van der Waals surface area (Å²) < 4.78 is 5.34. The van der Waals surface area contributed by atoms with Gasteiger partial charge in [0.05, 0.1) is 0 Å². The molecule has 0 bridgehead atoms. The van der Waals surface area contributed by atoms with Gasteiger partial charge in [0.25, 0.3) is 0 Å². The first-order valence-electron chi connectivity index (χ1n) is 8.72. The largest absolute Gasteiger partial charge is 0.382 e. The van der Waals surface area contributed by atoms with Crippen molar-refractivity contribution >= 4 is 5.96 Å². The number of nitrogens with one attached hydrogen (secondary N) is 2. The van der Waals surface area contributed by atoms with E-state index in [1.807, 2.05) is 14.0 Å². The number of hydrogen-bond donors (Lipinski definition) is 2. The second-order valence-corrected chi connectivity index (χ2v) is 6.40. The molecule has 0 aromatic carbocycles. The van der Waals surface area contributed by atoms with E-state index in [1.165, 1.54) is 25.7 Å². The normalized spacial score (nSPS) is 23.4. The molecule has 0 amide bonds. The van der Waals surface area contributed by atoms with Crippen LogP contribution in [0.25, 0.3) is 0 Å². The van der Waals surface area contributed by atoms with E-state index >= 15 is 0 Å². The van der Waals surface area contributed by atoms with Crippen LogP contribution in [0.5, 0.6) is 0 Å². The monoisotopic (exact) mass is 297 g/mol. The molecule has 0 aromatic rings. The molecule has 1 fully saturated rings. The van der Waals surface area contributed by atoms with E-state index in [4.69, 9.17) is 4.74 Å². The molecule has 4 nitrogen and oxygen atoms in total. The van der Waals surface area contributed by atoms with Gasteiger partial charge in [0.2, 0.25) is 0 Å². The Morgan fingerprint density at radius 2 is 1.90 bits per heavy atom. The van der Waals surface area contributed by atoms with Crippen molar-refractivity contribution in [1.29, 1.82) is 0 Å². The Labute approximate surface area is 131 Å². The highest BCUT2D eigenvalue weighted by Crippen LogP contribution is 2.29. The summed E-state index contributed by atoms with van der Waals surface area (Å²) in [4.78, 5) is 4.33. The summed E-state index contributed by atoms with van der Waals surface area (Å²) in [5.41, 5.74) is 0. The van der Waals surface area contributed by atoms with Gasteiger partial charge in [-0.25, -0.2) is 0 Å². The summed E-state index contributed by atoms with van der Waals surface area (Å²) in [6.07, 6.45) is 7.47. The number of rotatable bonds is 8. The van der Waals surface area contributed by atoms with E-state index in [2.05, 4.69) is 29.5 Å². The predicted octanol–water partition coefficient (Wildman–Crippen LogP) is 3.18. The molecule has 2 N–H and O–H groups in total. The van der Waals surface area contributed by atoms with Gasteiger partial charge in [-0.05, 0) is 57.3 Å². The molecule has 0 radical (unpaired) electrons. The minimum absolute atomic E-state index is 0.592. The van der Waals surface area contributed by atoms with Crippen LogP contribution in [-0.4, -0.2) is 38.8 Å². The maximum Gasteiger partial charge on any atom is 0.191 e. The standard InChI is InChI=1S/C17H35N3O/c1-5-21-13-7-6-12-19-17(18-4)20-16-10-8-15(9-11-16)14(2)3/h14-16H,5-13H2,1-4H3,(H2,18,19,20). The van der Waals surface area contributed by atoms with Gasteiger partial charge in [0.15, 0.2) is 5.96 Å². The van der Waals surface area contributed by atoms with Crippen LogP contribution in [0, 0.1) is 11.8 Å². The first-order valence-corrected chi connectivity index (χ1v) is 8.72. The highest BCUT2D eigenvalue weighted by molar-refractivity contribution is 5.79. The first kappa shape index (κ1) is 18.3. The van der Waals surface area contributed by atoms with E-state index in [9.17, 15) is 0 Å². The molecule has 1 rings (SSSR count). The molecule has 21 heavy (non-hydrogen) atoms. The molecule has 4 heteroatoms. The first-order chi connectivity index (χ1) is 10.2. The number of nitrogens with zero attached hydrogens (tertiary/aromatic N) is 1. The van der Waals surface area contributed by atoms with Crippen molar-refractivity contribution in [3.05, 3.63) is 0 Å². The van der Waals surface area contributed by atoms with Gasteiger partial charge in [-0.2, -0.15) is 0 Å². The van der Waals surface area contributed by atoms with Crippen molar-refractivity contribution in [1.82, 2.24) is 10.6 Å². The van der Waals surface area contributed by atoms with Gasteiger partial charge in [-0.1, -0.05) is 13.8 Å². The Morgan fingerprint density at radius 3 is 2.48 bits per heavy atom. The van der Waals surface area contributed by atoms with E-state index in [-0.39, 0.29) is 0 Å². The average Bonchev–Trinajstić information content (AvgIpc) is 2.50. The zero-order chi connectivity index (χ0) is 15.5. The molecular weight excluding hydrogens is 262 g/mol. The van der Waals surface area contributed by atoms with Crippen molar-refractivity contribution in [2.45, 2.75) is 65.3 Å². The van der Waals surface area contributed by atoms with E-state index < -0.39 is 0 Å². The molecule has 0 atom stereocenters. The number of guanidine groups is 1. The smallest absolute Gasteiger partial charge is 0.191 e. The molecule has 124 valence electrons. The van der Waals surface area contributed by atoms with E-state index in [0.717, 1.165) is 50.4 Å². The van der Waals surface area contributed by atoms with E-state index in [0.29, 0.717) is 6.04 Å². The summed E-state index contributed by atoms with van der Waals surface area (Å²) in [6.45, 7) is 9.38. The van der Waals surface area contributed by atoms with Crippen molar-refractivity contribution in [2.75, 3.05) is 26.8 Å². The van der Waals surface area contributed by atoms with Crippen molar-refractivity contribution < 1.29 is 4.74 Å². The van der Waals surface area contributed by atoms with E-state index in [1.54, 1.807) is 0 Å². The van der Waals surface area contributed by atoms with Crippen LogP contribution in [0.15, 0.2) is 4.99 Å². The lowest BCUT2D eigenvalue weighted by molar-refractivity contribution is 0.143. The second-order valence-electron chi connectivity index (χ2n) is 6.40. The lowest BCUT2D eigenvalue weighted by Crippen LogP contribution is -2.45. The minimum Gasteiger partial charge on any atom is -0.382 e. The molecular formula is C17H35N3O. The molecule has 0 spiro atoms. The van der Waals surface area contributed by atoms with Crippen molar-refractivity contribution in [2.24, 2.45) is 16.8 Å². The quantitative estimate of drug-likeness (QED) is 0.411. The second kappa shape index (κ2) is 10.9. The molecule has 0 heterocycles. The summed E-state index contributed by atoms with van der Waals surface area (Å²) in [6, 6.07) is 0.592. The maximum atomic E-state index is 5.34. The molecule has 1 aliphatic rings. The molecule has 0 saturated heterocycles. The third-order valence-electron chi connectivity index (χ3n) is 4.49. The highest BCUT2D eigenvalue weighted by Gasteiger charge is 2.23. The van der Waals surface area contributed by atoms with Gasteiger partial charge in [0.1, 0.15) is 0 Å². The lowest BCUT2D eigenvalue weighted by atomic mass is 9.80. The number of ether oxygens (including phenoxy) is 1. The molecule has 0 unspecified atom stereocenters. The van der Waals surface area contributed by atoms with Gasteiger partial charge >= 0.3 is 0 Å². The third-order valence-corrected chi connectivity index (χ3v) is 4.49. The molecule has 0 aliphatic heterocycles. The van der Waals surface area contributed by atoms with Crippen LogP contribution in [0.2, 0.25) is 0 Å². The summed E-state index contributed by atoms with van der Waals surface area (Å²) in [5, 5.41) is 6.99. The van der Waals surface area contributed by atoms with Gasteiger partial charge in [-0.3, -0.25) is 4.99 Å². The molecule has 0 aromatic heterocycles. The predicted molar refractivity (Wildman–Crippen MR) is 90.8 cm³/mol. The van der Waals surface area contributed by atoms with Crippen LogP contribution in [0.4, 0.5) is 0 Å². The third kappa shape index (κ3) is 7.70. The van der Waals surface area contributed by atoms with Crippen molar-refractivity contribution in [3.8, 4) is 0 Å². The molecule has 1 saturated carbocycles. The fraction of sp³-hybridized carbons (Fsp3) is 0.941. The summed E-state index contributed by atoms with van der Waals surface area (Å²) >= 11 is 0. The lowest BCUT2D eigenvalue weighted by Gasteiger charge is -2.32. The molecule has 1 aliphatic carbocycles. The van der Waals surface area contributed by atoms with Crippen LogP contribution < -0.4 is 10.6 Å². The maximum absolute atomic E-state index is 5.34. The van der Waals surface area contributed by atoms with Crippen LogP contribution in [0.3, 0.4) is 0 Å². The van der Waals surface area contributed by atoms with Crippen LogP contribution >= 0.6 is 0 Å². The fourth-order valence-corrected chi connectivity index (χ4v) is 3.00.